The number of nitrogens with zero attached hydrogens (tertiary/aromatic N) is 1. The van der Waals surface area contributed by atoms with Gasteiger partial charge in [0.05, 0.1) is 0 Å². The van der Waals surface area contributed by atoms with E-state index in [1.165, 1.54) is 23.2 Å². The third-order valence-electron chi connectivity index (χ3n) is 3.05. The van der Waals surface area contributed by atoms with E-state index in [-0.39, 0.29) is 0 Å². The van der Waals surface area contributed by atoms with Crippen LogP contribution in [-0.2, 0) is 0 Å². The minimum Gasteiger partial charge on any atom is -0.373 e. The maximum absolute atomic E-state index is 3.52. The van der Waals surface area contributed by atoms with Crippen molar-refractivity contribution in [1.29, 1.82) is 0 Å². The van der Waals surface area contributed by atoms with Crippen LogP contribution in [0, 0.1) is 13.8 Å². The summed E-state index contributed by atoms with van der Waals surface area (Å²) in [5.74, 6) is 0. The standard InChI is InChI=1S/C15H26N2/c1-6-9-16-14(4)11-17(5)15-8-7-12(2)10-13(15)3/h7-8,10,14,16H,6,9,11H2,1-5H3. The summed E-state index contributed by atoms with van der Waals surface area (Å²) < 4.78 is 0. The van der Waals surface area contributed by atoms with Crippen LogP contribution in [0.4, 0.5) is 5.69 Å². The first kappa shape index (κ1) is 14.0. The number of rotatable bonds is 6. The smallest absolute Gasteiger partial charge is 0.0394 e. The van der Waals surface area contributed by atoms with E-state index in [2.05, 4.69) is 63.2 Å². The zero-order chi connectivity index (χ0) is 12.8. The van der Waals surface area contributed by atoms with Crippen LogP contribution in [0.2, 0.25) is 0 Å². The molecule has 0 aliphatic heterocycles. The van der Waals surface area contributed by atoms with E-state index >= 15 is 0 Å². The molecule has 0 heterocycles. The summed E-state index contributed by atoms with van der Waals surface area (Å²) in [5.41, 5.74) is 4.02. The van der Waals surface area contributed by atoms with Crippen molar-refractivity contribution in [3.05, 3.63) is 29.3 Å². The second-order valence-electron chi connectivity index (χ2n) is 5.03. The molecule has 2 heteroatoms. The Balaban J connectivity index is 2.60. The van der Waals surface area contributed by atoms with E-state index in [1.54, 1.807) is 0 Å². The molecule has 1 rings (SSSR count). The van der Waals surface area contributed by atoms with Gasteiger partial charge in [-0.15, -0.1) is 0 Å². The average molecular weight is 234 g/mol. The molecule has 0 bridgehead atoms. The van der Waals surface area contributed by atoms with Crippen LogP contribution in [-0.4, -0.2) is 26.2 Å². The van der Waals surface area contributed by atoms with Gasteiger partial charge in [0.2, 0.25) is 0 Å². The molecule has 0 saturated heterocycles. The molecule has 0 aromatic heterocycles. The minimum atomic E-state index is 0.528. The molecular formula is C15H26N2. The summed E-state index contributed by atoms with van der Waals surface area (Å²) in [7, 11) is 2.17. The lowest BCUT2D eigenvalue weighted by atomic mass is 10.1. The Morgan fingerprint density at radius 3 is 2.59 bits per heavy atom. The lowest BCUT2D eigenvalue weighted by molar-refractivity contribution is 0.544. The predicted octanol–water partition coefficient (Wildman–Crippen LogP) is 3.13. The van der Waals surface area contributed by atoms with Crippen molar-refractivity contribution in [2.45, 2.75) is 40.2 Å². The van der Waals surface area contributed by atoms with Crippen LogP contribution >= 0.6 is 0 Å². The summed E-state index contributed by atoms with van der Waals surface area (Å²) in [6.07, 6.45) is 1.19. The van der Waals surface area contributed by atoms with Crippen LogP contribution in [0.3, 0.4) is 0 Å². The third kappa shape index (κ3) is 4.39. The van der Waals surface area contributed by atoms with Crippen molar-refractivity contribution >= 4 is 5.69 Å². The summed E-state index contributed by atoms with van der Waals surface area (Å²) in [4.78, 5) is 2.34. The van der Waals surface area contributed by atoms with Gasteiger partial charge in [-0.1, -0.05) is 24.6 Å². The van der Waals surface area contributed by atoms with E-state index in [9.17, 15) is 0 Å². The zero-order valence-corrected chi connectivity index (χ0v) is 11.9. The first-order valence-electron chi connectivity index (χ1n) is 6.56. The molecule has 2 nitrogen and oxygen atoms in total. The number of hydrogen-bond donors (Lipinski definition) is 1. The number of benzene rings is 1. The molecule has 1 atom stereocenters. The topological polar surface area (TPSA) is 15.3 Å². The molecule has 0 fully saturated rings. The van der Waals surface area contributed by atoms with Crippen LogP contribution in [0.5, 0.6) is 0 Å². The second-order valence-corrected chi connectivity index (χ2v) is 5.03. The predicted molar refractivity (Wildman–Crippen MR) is 76.9 cm³/mol. The SMILES string of the molecule is CCCNC(C)CN(C)c1ccc(C)cc1C. The highest BCUT2D eigenvalue weighted by Gasteiger charge is 2.08. The van der Waals surface area contributed by atoms with Crippen molar-refractivity contribution in [1.82, 2.24) is 5.32 Å². The quantitative estimate of drug-likeness (QED) is 0.813. The summed E-state index contributed by atoms with van der Waals surface area (Å²) in [6.45, 7) is 10.9. The average Bonchev–Trinajstić information content (AvgIpc) is 2.26. The number of aryl methyl sites for hydroxylation is 2. The highest BCUT2D eigenvalue weighted by molar-refractivity contribution is 5.53. The fourth-order valence-corrected chi connectivity index (χ4v) is 2.20. The van der Waals surface area contributed by atoms with E-state index in [0.29, 0.717) is 6.04 Å². The number of hydrogen-bond acceptors (Lipinski definition) is 2. The van der Waals surface area contributed by atoms with Gasteiger partial charge in [0, 0.05) is 25.3 Å². The number of nitrogens with one attached hydrogen (secondary N) is 1. The van der Waals surface area contributed by atoms with Gasteiger partial charge in [-0.05, 0) is 45.4 Å². The van der Waals surface area contributed by atoms with Crippen molar-refractivity contribution in [3.8, 4) is 0 Å². The molecule has 0 spiro atoms. The molecule has 0 amide bonds. The molecule has 0 aliphatic rings. The largest absolute Gasteiger partial charge is 0.373 e. The Bertz CT molecular complexity index is 347. The van der Waals surface area contributed by atoms with Crippen molar-refractivity contribution in [2.24, 2.45) is 0 Å². The molecule has 0 aliphatic carbocycles. The maximum Gasteiger partial charge on any atom is 0.0394 e. The van der Waals surface area contributed by atoms with Gasteiger partial charge in [-0.2, -0.15) is 0 Å². The normalized spacial score (nSPS) is 12.5. The molecule has 0 saturated carbocycles. The van der Waals surface area contributed by atoms with Crippen LogP contribution in [0.25, 0.3) is 0 Å². The van der Waals surface area contributed by atoms with E-state index < -0.39 is 0 Å². The summed E-state index contributed by atoms with van der Waals surface area (Å²) >= 11 is 0. The van der Waals surface area contributed by atoms with Crippen molar-refractivity contribution < 1.29 is 0 Å². The van der Waals surface area contributed by atoms with E-state index in [4.69, 9.17) is 0 Å². The highest BCUT2D eigenvalue weighted by atomic mass is 15.1. The third-order valence-corrected chi connectivity index (χ3v) is 3.05. The Labute approximate surface area is 106 Å². The van der Waals surface area contributed by atoms with Gasteiger partial charge in [0.1, 0.15) is 0 Å². The zero-order valence-electron chi connectivity index (χ0n) is 11.9. The maximum atomic E-state index is 3.52. The minimum absolute atomic E-state index is 0.528. The molecule has 1 N–H and O–H groups in total. The van der Waals surface area contributed by atoms with E-state index in [0.717, 1.165) is 13.1 Å². The monoisotopic (exact) mass is 234 g/mol. The lowest BCUT2D eigenvalue weighted by Gasteiger charge is -2.25. The molecule has 17 heavy (non-hydrogen) atoms. The van der Waals surface area contributed by atoms with Crippen molar-refractivity contribution in [3.63, 3.8) is 0 Å². The summed E-state index contributed by atoms with van der Waals surface area (Å²) in [6, 6.07) is 7.18. The first-order chi connectivity index (χ1) is 8.04. The number of anilines is 1. The fourth-order valence-electron chi connectivity index (χ4n) is 2.20. The lowest BCUT2D eigenvalue weighted by Crippen LogP contribution is -2.38. The molecule has 1 aromatic carbocycles. The second kappa shape index (κ2) is 6.65. The number of likely N-dealkylation sites (N-methyl/N-ethyl adjacent to an activating group) is 1. The van der Waals surface area contributed by atoms with E-state index in [1.807, 2.05) is 0 Å². The molecule has 1 unspecified atom stereocenters. The van der Waals surface area contributed by atoms with Crippen LogP contribution in [0.1, 0.15) is 31.4 Å². The molecule has 1 aromatic rings. The highest BCUT2D eigenvalue weighted by Crippen LogP contribution is 2.19. The van der Waals surface area contributed by atoms with Gasteiger partial charge in [-0.25, -0.2) is 0 Å². The van der Waals surface area contributed by atoms with Crippen molar-refractivity contribution in [2.75, 3.05) is 25.0 Å². The Morgan fingerprint density at radius 2 is 2.00 bits per heavy atom. The Hall–Kier alpha value is -1.02. The Morgan fingerprint density at radius 1 is 1.29 bits per heavy atom. The van der Waals surface area contributed by atoms with Crippen LogP contribution < -0.4 is 10.2 Å². The molecular weight excluding hydrogens is 208 g/mol. The first-order valence-corrected chi connectivity index (χ1v) is 6.56. The fraction of sp³-hybridized carbons (Fsp3) is 0.600. The van der Waals surface area contributed by atoms with Gasteiger partial charge in [0.25, 0.3) is 0 Å². The Kier molecular flexibility index (Phi) is 5.49. The summed E-state index contributed by atoms with van der Waals surface area (Å²) in [5, 5.41) is 3.52. The molecule has 96 valence electrons. The van der Waals surface area contributed by atoms with Gasteiger partial charge >= 0.3 is 0 Å². The van der Waals surface area contributed by atoms with Crippen LogP contribution in [0.15, 0.2) is 18.2 Å². The van der Waals surface area contributed by atoms with Gasteiger partial charge in [-0.3, -0.25) is 0 Å². The van der Waals surface area contributed by atoms with Gasteiger partial charge < -0.3 is 10.2 Å². The molecule has 0 radical (unpaired) electrons. The van der Waals surface area contributed by atoms with Gasteiger partial charge in [0.15, 0.2) is 0 Å².